The van der Waals surface area contributed by atoms with Gasteiger partial charge >= 0.3 is 0 Å². The first-order chi connectivity index (χ1) is 13.0. The van der Waals surface area contributed by atoms with E-state index in [0.29, 0.717) is 11.1 Å². The minimum Gasteiger partial charge on any atom is -0.358 e. The Hall–Kier alpha value is -0.576. The van der Waals surface area contributed by atoms with E-state index in [2.05, 4.69) is 11.8 Å². The van der Waals surface area contributed by atoms with E-state index in [-0.39, 0.29) is 51.8 Å². The van der Waals surface area contributed by atoms with Crippen LogP contribution in [0.3, 0.4) is 0 Å². The van der Waals surface area contributed by atoms with Crippen LogP contribution in [0.25, 0.3) is 0 Å². The van der Waals surface area contributed by atoms with Crippen LogP contribution in [-0.4, -0.2) is 54.2 Å². The van der Waals surface area contributed by atoms with E-state index < -0.39 is 0 Å². The predicted molar refractivity (Wildman–Crippen MR) is 118 cm³/mol. The third-order valence-corrected chi connectivity index (χ3v) is 5.83. The van der Waals surface area contributed by atoms with Gasteiger partial charge in [-0.25, -0.2) is 0 Å². The number of amides is 1. The van der Waals surface area contributed by atoms with Crippen LogP contribution in [0, 0.1) is 19.3 Å². The third-order valence-electron chi connectivity index (χ3n) is 5.83. The Labute approximate surface area is 203 Å². The van der Waals surface area contributed by atoms with Gasteiger partial charge in [-0.15, -0.1) is 0 Å². The van der Waals surface area contributed by atoms with Gasteiger partial charge in [0, 0.05) is 63.5 Å². The Balaban J connectivity index is 0.00000190. The fraction of sp³-hybridized carbons (Fsp3) is 0.625. The van der Waals surface area contributed by atoms with Gasteiger partial charge in [-0.05, 0) is 69.7 Å². The van der Waals surface area contributed by atoms with Crippen molar-refractivity contribution in [1.29, 1.82) is 0 Å². The predicted octanol–water partition coefficient (Wildman–Crippen LogP) is 4.95. The Morgan fingerprint density at radius 2 is 1.38 bits per heavy atom. The average Bonchev–Trinajstić information content (AvgIpc) is 2.71. The molecule has 5 heteroatoms. The molecular weight excluding hydrogens is 437 g/mol. The molecule has 1 amide bonds. The number of nitrogens with zero attached hydrogens (tertiary/aromatic N) is 2. The number of likely N-dealkylation sites (tertiary alicyclic amines) is 2. The van der Waals surface area contributed by atoms with Crippen molar-refractivity contribution >= 4 is 11.7 Å². The number of hydrogen-bond acceptors (Lipinski definition) is 3. The molecule has 0 spiro atoms. The van der Waals surface area contributed by atoms with Crippen molar-refractivity contribution in [2.75, 3.05) is 32.7 Å². The van der Waals surface area contributed by atoms with Crippen molar-refractivity contribution in [1.82, 2.24) is 9.80 Å². The van der Waals surface area contributed by atoms with E-state index in [1.807, 2.05) is 18.7 Å². The first-order valence-electron chi connectivity index (χ1n) is 10.7. The molecular formula is C24H39N2O2Y-. The molecule has 1 aromatic rings. The normalized spacial score (nSPS) is 18.0. The monoisotopic (exact) mass is 476 g/mol. The van der Waals surface area contributed by atoms with Crippen LogP contribution >= 0.6 is 0 Å². The van der Waals surface area contributed by atoms with E-state index in [0.717, 1.165) is 37.8 Å². The van der Waals surface area contributed by atoms with Crippen LogP contribution in [0.2, 0.25) is 0 Å². The average molecular weight is 476 g/mol. The quantitative estimate of drug-likeness (QED) is 0.456. The van der Waals surface area contributed by atoms with E-state index in [1.165, 1.54) is 32.5 Å². The topological polar surface area (TPSA) is 40.6 Å². The molecule has 2 heterocycles. The summed E-state index contributed by atoms with van der Waals surface area (Å²) in [4.78, 5) is 28.6. The van der Waals surface area contributed by atoms with Crippen LogP contribution in [0.4, 0.5) is 0 Å². The van der Waals surface area contributed by atoms with Crippen molar-refractivity contribution in [2.45, 2.75) is 53.4 Å². The van der Waals surface area contributed by atoms with Gasteiger partial charge in [0.05, 0.1) is 0 Å². The Bertz CT molecular complexity index is 602. The number of rotatable bonds is 4. The number of carbonyl (C=O) groups excluding carboxylic acids is 2. The molecule has 1 aromatic carbocycles. The van der Waals surface area contributed by atoms with E-state index >= 15 is 0 Å². The summed E-state index contributed by atoms with van der Waals surface area (Å²) in [5.41, 5.74) is 1.35. The van der Waals surface area contributed by atoms with Crippen molar-refractivity contribution in [3.63, 3.8) is 0 Å². The summed E-state index contributed by atoms with van der Waals surface area (Å²) in [6, 6.07) is 7.06. The molecule has 2 fully saturated rings. The van der Waals surface area contributed by atoms with Crippen LogP contribution in [-0.2, 0) is 32.7 Å². The summed E-state index contributed by atoms with van der Waals surface area (Å²) in [5, 5.41) is 0. The maximum Gasteiger partial charge on any atom is 0.253 e. The van der Waals surface area contributed by atoms with E-state index in [1.54, 1.807) is 31.2 Å². The maximum atomic E-state index is 12.6. The van der Waals surface area contributed by atoms with Gasteiger partial charge in [0.2, 0.25) is 0 Å². The fourth-order valence-corrected chi connectivity index (χ4v) is 3.96. The first-order valence-corrected chi connectivity index (χ1v) is 10.7. The van der Waals surface area contributed by atoms with Gasteiger partial charge < -0.3 is 17.2 Å². The second kappa shape index (κ2) is 14.4. The van der Waals surface area contributed by atoms with E-state index in [9.17, 15) is 9.59 Å². The summed E-state index contributed by atoms with van der Waals surface area (Å²) >= 11 is 0. The minimum atomic E-state index is 0. The molecule has 4 nitrogen and oxygen atoms in total. The number of ketones is 1. The van der Waals surface area contributed by atoms with Crippen molar-refractivity contribution in [3.05, 3.63) is 42.8 Å². The standard InChI is InChI=1S/C21H30N2O2.C2H6.CH3.Y/c1-16-7-11-22(12-8-16)15-18-9-13-23(14-10-18)21(25)20-5-3-19(4-6-20)17(2)24;1-2;;/h3-6,16,18H,7-15H2,1-2H3;1-2H3;1H3;/q;;-1;. The molecule has 0 bridgehead atoms. The van der Waals surface area contributed by atoms with Crippen LogP contribution in [0.5, 0.6) is 0 Å². The molecule has 0 N–H and O–H groups in total. The van der Waals surface area contributed by atoms with Crippen LogP contribution < -0.4 is 0 Å². The summed E-state index contributed by atoms with van der Waals surface area (Å²) < 4.78 is 0. The fourth-order valence-electron chi connectivity index (χ4n) is 3.96. The molecule has 29 heavy (non-hydrogen) atoms. The largest absolute Gasteiger partial charge is 0.358 e. The number of benzene rings is 1. The van der Waals surface area contributed by atoms with Crippen molar-refractivity contribution in [3.8, 4) is 0 Å². The molecule has 2 aliphatic rings. The zero-order chi connectivity index (χ0) is 19.8. The number of hydrogen-bond donors (Lipinski definition) is 0. The smallest absolute Gasteiger partial charge is 0.253 e. The Kier molecular flexibility index (Phi) is 14.1. The summed E-state index contributed by atoms with van der Waals surface area (Å²) in [6.45, 7) is 13.3. The van der Waals surface area contributed by atoms with Crippen molar-refractivity contribution < 1.29 is 42.3 Å². The molecule has 2 aliphatic heterocycles. The van der Waals surface area contributed by atoms with Gasteiger partial charge in [0.25, 0.3) is 5.91 Å². The third kappa shape index (κ3) is 8.59. The number of Topliss-reactive ketones (excluding diaryl/α,β-unsaturated/α-hetero) is 1. The molecule has 0 aliphatic carbocycles. The molecule has 0 unspecified atom stereocenters. The minimum absolute atomic E-state index is 0. The van der Waals surface area contributed by atoms with Gasteiger partial charge in [0.15, 0.2) is 5.78 Å². The SMILES string of the molecule is CC.CC(=O)c1ccc(C(=O)N2CCC(CN3CCC(C)CC3)CC2)cc1.[CH3-].[Y]. The summed E-state index contributed by atoms with van der Waals surface area (Å²) in [6.07, 6.45) is 4.85. The summed E-state index contributed by atoms with van der Waals surface area (Å²) in [5.74, 6) is 1.73. The molecule has 0 atom stereocenters. The molecule has 1 radical (unpaired) electrons. The molecule has 3 rings (SSSR count). The van der Waals surface area contributed by atoms with Gasteiger partial charge in [-0.2, -0.15) is 0 Å². The maximum absolute atomic E-state index is 12.6. The second-order valence-corrected chi connectivity index (χ2v) is 7.85. The molecule has 2 saturated heterocycles. The van der Waals surface area contributed by atoms with Gasteiger partial charge in [0.1, 0.15) is 0 Å². The zero-order valence-electron chi connectivity index (χ0n) is 19.1. The second-order valence-electron chi connectivity index (χ2n) is 7.85. The number of piperidine rings is 2. The van der Waals surface area contributed by atoms with Crippen LogP contribution in [0.15, 0.2) is 24.3 Å². The Morgan fingerprint density at radius 1 is 0.897 bits per heavy atom. The zero-order valence-corrected chi connectivity index (χ0v) is 22.0. The number of carbonyl (C=O) groups is 2. The van der Waals surface area contributed by atoms with Crippen molar-refractivity contribution in [2.24, 2.45) is 11.8 Å². The van der Waals surface area contributed by atoms with E-state index in [4.69, 9.17) is 0 Å². The van der Waals surface area contributed by atoms with Gasteiger partial charge in [-0.1, -0.05) is 32.9 Å². The van der Waals surface area contributed by atoms with Crippen LogP contribution in [0.1, 0.15) is 74.1 Å². The molecule has 0 aromatic heterocycles. The molecule has 161 valence electrons. The first kappa shape index (κ1) is 28.4. The Morgan fingerprint density at radius 3 is 1.86 bits per heavy atom. The molecule has 0 saturated carbocycles. The van der Waals surface area contributed by atoms with Gasteiger partial charge in [-0.3, -0.25) is 9.59 Å². The summed E-state index contributed by atoms with van der Waals surface area (Å²) in [7, 11) is 0.